The number of hydrogen-bond acceptors (Lipinski definition) is 7. The number of alkyl carbamates (subject to hydrolysis) is 1. The lowest BCUT2D eigenvalue weighted by molar-refractivity contribution is -0.139. The van der Waals surface area contributed by atoms with Crippen molar-refractivity contribution in [3.63, 3.8) is 0 Å². The summed E-state index contributed by atoms with van der Waals surface area (Å²) in [5.41, 5.74) is 2.20. The zero-order chi connectivity index (χ0) is 24.7. The fraction of sp³-hybridized carbons (Fsp3) is 0.522. The van der Waals surface area contributed by atoms with E-state index in [0.29, 0.717) is 18.5 Å². The number of fused-ring (bicyclic) bond motifs is 1. The fourth-order valence-corrected chi connectivity index (χ4v) is 3.30. The molecule has 1 aliphatic rings. The van der Waals surface area contributed by atoms with Crippen LogP contribution in [-0.2, 0) is 28.9 Å². The van der Waals surface area contributed by atoms with Gasteiger partial charge in [-0.1, -0.05) is 26.8 Å². The molecular formula is C23H32N6O5. The van der Waals surface area contributed by atoms with Crippen LogP contribution in [0, 0.1) is 5.41 Å². The third-order valence-corrected chi connectivity index (χ3v) is 5.14. The first-order valence-electron chi connectivity index (χ1n) is 11.3. The van der Waals surface area contributed by atoms with Crippen LogP contribution in [0.4, 0.5) is 10.6 Å². The number of amides is 2. The summed E-state index contributed by atoms with van der Waals surface area (Å²) in [5, 5.41) is 21.6. The molecule has 0 aliphatic carbocycles. The first-order valence-corrected chi connectivity index (χ1v) is 11.3. The molecule has 11 heteroatoms. The van der Waals surface area contributed by atoms with Crippen LogP contribution >= 0.6 is 0 Å². The van der Waals surface area contributed by atoms with Gasteiger partial charge in [-0.05, 0) is 29.9 Å². The summed E-state index contributed by atoms with van der Waals surface area (Å²) in [7, 11) is 0. The summed E-state index contributed by atoms with van der Waals surface area (Å²) >= 11 is 0. The maximum Gasteiger partial charge on any atom is 0.407 e. The lowest BCUT2D eigenvalue weighted by atomic mass is 9.99. The number of aliphatic carboxylic acids is 1. The van der Waals surface area contributed by atoms with Crippen LogP contribution in [0.5, 0.6) is 0 Å². The molecule has 3 rings (SSSR count). The van der Waals surface area contributed by atoms with E-state index in [4.69, 9.17) is 4.74 Å². The topological polar surface area (TPSA) is 147 Å². The number of carbonyl (C=O) groups excluding carboxylic acids is 2. The monoisotopic (exact) mass is 472 g/mol. The van der Waals surface area contributed by atoms with Crippen LogP contribution in [-0.4, -0.2) is 63.6 Å². The Bertz CT molecular complexity index is 1030. The molecular weight excluding hydrogens is 440 g/mol. The van der Waals surface area contributed by atoms with Crippen molar-refractivity contribution in [1.29, 1.82) is 0 Å². The number of carboxylic acid groups (broad SMARTS) is 1. The number of nitrogens with zero attached hydrogens (tertiary/aromatic N) is 3. The number of aromatic nitrogens is 3. The van der Waals surface area contributed by atoms with Gasteiger partial charge in [0.05, 0.1) is 18.4 Å². The minimum absolute atomic E-state index is 0.133. The van der Waals surface area contributed by atoms with Gasteiger partial charge in [-0.3, -0.25) is 9.48 Å². The number of nitrogens with one attached hydrogen (secondary N) is 3. The van der Waals surface area contributed by atoms with E-state index in [2.05, 4.69) is 32.1 Å². The average molecular weight is 473 g/mol. The lowest BCUT2D eigenvalue weighted by Gasteiger charge is -2.20. The third kappa shape index (κ3) is 7.46. The summed E-state index contributed by atoms with van der Waals surface area (Å²) in [4.78, 5) is 40.4. The van der Waals surface area contributed by atoms with Crippen LogP contribution < -0.4 is 16.0 Å². The molecule has 0 spiro atoms. The molecule has 0 radical (unpaired) electrons. The van der Waals surface area contributed by atoms with Gasteiger partial charge in [0.15, 0.2) is 0 Å². The molecule has 0 bridgehead atoms. The van der Waals surface area contributed by atoms with Crippen LogP contribution in [0.2, 0.25) is 0 Å². The van der Waals surface area contributed by atoms with Crippen LogP contribution in [0.25, 0.3) is 0 Å². The second-order valence-electron chi connectivity index (χ2n) is 9.46. The summed E-state index contributed by atoms with van der Waals surface area (Å²) in [6.07, 6.45) is 4.94. The molecule has 1 unspecified atom stereocenters. The van der Waals surface area contributed by atoms with E-state index in [-0.39, 0.29) is 18.6 Å². The third-order valence-electron chi connectivity index (χ3n) is 5.14. The van der Waals surface area contributed by atoms with Crippen molar-refractivity contribution >= 4 is 23.8 Å². The minimum atomic E-state index is -1.32. The van der Waals surface area contributed by atoms with Gasteiger partial charge in [0.1, 0.15) is 11.9 Å². The molecule has 4 N–H and O–H groups in total. The van der Waals surface area contributed by atoms with Gasteiger partial charge in [0, 0.05) is 37.9 Å². The van der Waals surface area contributed by atoms with E-state index >= 15 is 0 Å². The number of carboxylic acids is 1. The summed E-state index contributed by atoms with van der Waals surface area (Å²) in [6, 6.07) is 2.78. The van der Waals surface area contributed by atoms with Crippen molar-refractivity contribution in [2.24, 2.45) is 5.41 Å². The first kappa shape index (κ1) is 25.0. The van der Waals surface area contributed by atoms with Crippen molar-refractivity contribution in [1.82, 2.24) is 25.4 Å². The van der Waals surface area contributed by atoms with E-state index < -0.39 is 24.0 Å². The van der Waals surface area contributed by atoms with Crippen molar-refractivity contribution in [2.45, 2.75) is 52.6 Å². The number of ether oxygens (including phenoxy) is 1. The highest BCUT2D eigenvalue weighted by Gasteiger charge is 2.23. The molecule has 11 nitrogen and oxygen atoms in total. The molecule has 1 atom stereocenters. The quantitative estimate of drug-likeness (QED) is 0.432. The summed E-state index contributed by atoms with van der Waals surface area (Å²) in [6.45, 7) is 6.96. The van der Waals surface area contributed by atoms with Crippen LogP contribution in [0.15, 0.2) is 24.5 Å². The van der Waals surface area contributed by atoms with Gasteiger partial charge in [-0.15, -0.1) is 0 Å². The molecule has 2 amide bonds. The normalized spacial score (nSPS) is 13.9. The lowest BCUT2D eigenvalue weighted by Crippen LogP contribution is -2.48. The molecule has 2 aromatic heterocycles. The highest BCUT2D eigenvalue weighted by atomic mass is 16.5. The van der Waals surface area contributed by atoms with Gasteiger partial charge in [-0.25, -0.2) is 14.6 Å². The number of carbonyl (C=O) groups is 3. The molecule has 0 saturated carbocycles. The number of aryl methyl sites for hydroxylation is 3. The van der Waals surface area contributed by atoms with E-state index in [1.807, 2.05) is 26.8 Å². The molecule has 0 saturated heterocycles. The van der Waals surface area contributed by atoms with E-state index in [0.717, 1.165) is 30.9 Å². The van der Waals surface area contributed by atoms with Crippen molar-refractivity contribution in [3.05, 3.63) is 41.3 Å². The zero-order valence-corrected chi connectivity index (χ0v) is 19.8. The van der Waals surface area contributed by atoms with Gasteiger partial charge in [0.25, 0.3) is 5.91 Å². The fourth-order valence-electron chi connectivity index (χ4n) is 3.30. The molecule has 184 valence electrons. The molecule has 3 heterocycles. The van der Waals surface area contributed by atoms with Crippen molar-refractivity contribution in [2.75, 3.05) is 25.0 Å². The molecule has 2 aromatic rings. The summed E-state index contributed by atoms with van der Waals surface area (Å²) < 4.78 is 6.67. The SMILES string of the molecule is CC(C)(C)COC(=O)NC(CNC(=O)c1cnn(CCc2ccc3c(n2)NCCC3)c1)C(=O)O. The van der Waals surface area contributed by atoms with Gasteiger partial charge < -0.3 is 25.8 Å². The highest BCUT2D eigenvalue weighted by Crippen LogP contribution is 2.20. The number of rotatable bonds is 9. The largest absolute Gasteiger partial charge is 0.480 e. The number of pyridine rings is 1. The highest BCUT2D eigenvalue weighted by molar-refractivity contribution is 5.94. The standard InChI is InChI=1S/C23H32N6O5/c1-23(2,3)14-34-22(33)28-18(21(31)32)12-25-20(30)16-11-26-29(13-16)10-8-17-7-6-15-5-4-9-24-19(15)27-17/h6-7,11,13,18H,4-5,8-10,12,14H2,1-3H3,(H,24,27)(H,25,30)(H,28,33)(H,31,32). The zero-order valence-electron chi connectivity index (χ0n) is 19.8. The van der Waals surface area contributed by atoms with Crippen molar-refractivity contribution in [3.8, 4) is 0 Å². The minimum Gasteiger partial charge on any atom is -0.480 e. The second kappa shape index (κ2) is 11.0. The van der Waals surface area contributed by atoms with E-state index in [1.165, 1.54) is 11.8 Å². The smallest absolute Gasteiger partial charge is 0.407 e. The second-order valence-corrected chi connectivity index (χ2v) is 9.46. The van der Waals surface area contributed by atoms with E-state index in [1.54, 1.807) is 10.9 Å². The predicted octanol–water partition coefficient (Wildman–Crippen LogP) is 1.83. The Balaban J connectivity index is 1.48. The van der Waals surface area contributed by atoms with Crippen molar-refractivity contribution < 1.29 is 24.2 Å². The maximum absolute atomic E-state index is 12.4. The average Bonchev–Trinajstić information content (AvgIpc) is 3.27. The van der Waals surface area contributed by atoms with Crippen LogP contribution in [0.3, 0.4) is 0 Å². The Morgan fingerprint density at radius 1 is 1.29 bits per heavy atom. The first-order chi connectivity index (χ1) is 16.1. The summed E-state index contributed by atoms with van der Waals surface area (Å²) in [5.74, 6) is -0.831. The Kier molecular flexibility index (Phi) is 8.08. The number of hydrogen-bond donors (Lipinski definition) is 4. The molecule has 0 fully saturated rings. The molecule has 0 aromatic carbocycles. The molecule has 1 aliphatic heterocycles. The maximum atomic E-state index is 12.4. The van der Waals surface area contributed by atoms with Crippen LogP contribution in [0.1, 0.15) is 48.8 Å². The van der Waals surface area contributed by atoms with E-state index in [9.17, 15) is 19.5 Å². The van der Waals surface area contributed by atoms with Gasteiger partial charge in [-0.2, -0.15) is 5.10 Å². The molecule has 34 heavy (non-hydrogen) atoms. The van der Waals surface area contributed by atoms with Gasteiger partial charge in [0.2, 0.25) is 0 Å². The number of anilines is 1. The Morgan fingerprint density at radius 2 is 2.09 bits per heavy atom. The Morgan fingerprint density at radius 3 is 2.82 bits per heavy atom. The Labute approximate surface area is 198 Å². The van der Waals surface area contributed by atoms with Gasteiger partial charge >= 0.3 is 12.1 Å². The Hall–Kier alpha value is -3.63. The predicted molar refractivity (Wildman–Crippen MR) is 125 cm³/mol.